The van der Waals surface area contributed by atoms with Crippen LogP contribution in [0.25, 0.3) is 0 Å². The highest BCUT2D eigenvalue weighted by Gasteiger charge is 2.06. The van der Waals surface area contributed by atoms with Gasteiger partial charge in [-0.05, 0) is 17.7 Å². The van der Waals surface area contributed by atoms with Crippen LogP contribution in [-0.4, -0.2) is 16.1 Å². The first-order valence-corrected chi connectivity index (χ1v) is 6.44. The van der Waals surface area contributed by atoms with E-state index < -0.39 is 5.97 Å². The quantitative estimate of drug-likeness (QED) is 0.874. The van der Waals surface area contributed by atoms with E-state index in [4.69, 9.17) is 10.4 Å². The zero-order chi connectivity index (χ0) is 13.7. The van der Waals surface area contributed by atoms with Crippen molar-refractivity contribution in [2.45, 2.75) is 12.8 Å². The first-order chi connectivity index (χ1) is 9.17. The third-order valence-corrected chi connectivity index (χ3v) is 3.18. The number of hydrogen-bond donors (Lipinski definition) is 2. The summed E-state index contributed by atoms with van der Waals surface area (Å²) in [5, 5.41) is 22.7. The molecule has 0 amide bonds. The molecule has 0 fully saturated rings. The van der Waals surface area contributed by atoms with E-state index in [1.807, 2.05) is 24.3 Å². The summed E-state index contributed by atoms with van der Waals surface area (Å²) in [6.07, 6.45) is 0.319. The third-order valence-electron chi connectivity index (χ3n) is 2.37. The van der Waals surface area contributed by atoms with E-state index in [2.05, 4.69) is 16.4 Å². The zero-order valence-electron chi connectivity index (χ0n) is 9.96. The molecule has 5 nitrogen and oxygen atoms in total. The van der Waals surface area contributed by atoms with Crippen LogP contribution in [0.15, 0.2) is 29.6 Å². The topological polar surface area (TPSA) is 86.0 Å². The third kappa shape index (κ3) is 3.79. The fourth-order valence-electron chi connectivity index (χ4n) is 1.52. The molecule has 0 aliphatic rings. The van der Waals surface area contributed by atoms with Gasteiger partial charge in [0.05, 0.1) is 24.6 Å². The predicted molar refractivity (Wildman–Crippen MR) is 72.5 cm³/mol. The number of aromatic nitrogens is 1. The van der Waals surface area contributed by atoms with E-state index in [0.29, 0.717) is 17.2 Å². The number of aliphatic carboxylic acids is 1. The van der Waals surface area contributed by atoms with Crippen LogP contribution in [0.1, 0.15) is 11.3 Å². The first kappa shape index (κ1) is 13.1. The van der Waals surface area contributed by atoms with Gasteiger partial charge in [0.15, 0.2) is 5.13 Å². The molecule has 96 valence electrons. The average Bonchev–Trinajstić information content (AvgIpc) is 2.78. The first-order valence-electron chi connectivity index (χ1n) is 5.56. The van der Waals surface area contributed by atoms with Crippen molar-refractivity contribution in [3.05, 3.63) is 40.9 Å². The van der Waals surface area contributed by atoms with E-state index in [9.17, 15) is 4.79 Å². The summed E-state index contributed by atoms with van der Waals surface area (Å²) < 4.78 is 0. The molecular formula is C13H11N3O2S. The molecule has 19 heavy (non-hydrogen) atoms. The van der Waals surface area contributed by atoms with Gasteiger partial charge in [-0.3, -0.25) is 4.79 Å². The van der Waals surface area contributed by atoms with Crippen LogP contribution in [0.3, 0.4) is 0 Å². The van der Waals surface area contributed by atoms with Gasteiger partial charge in [-0.2, -0.15) is 5.26 Å². The minimum Gasteiger partial charge on any atom is -0.481 e. The Kier molecular flexibility index (Phi) is 4.11. The Hall–Kier alpha value is -2.39. The van der Waals surface area contributed by atoms with Crippen molar-refractivity contribution in [3.63, 3.8) is 0 Å². The number of carbonyl (C=O) groups is 1. The Morgan fingerprint density at radius 3 is 2.79 bits per heavy atom. The number of hydrogen-bond acceptors (Lipinski definition) is 5. The summed E-state index contributed by atoms with van der Waals surface area (Å²) >= 11 is 1.36. The molecule has 0 spiro atoms. The molecule has 6 heteroatoms. The molecular weight excluding hydrogens is 262 g/mol. The summed E-state index contributed by atoms with van der Waals surface area (Å²) in [4.78, 5) is 14.7. The summed E-state index contributed by atoms with van der Waals surface area (Å²) in [5.41, 5.74) is 2.36. The normalized spacial score (nSPS) is 9.84. The second-order valence-electron chi connectivity index (χ2n) is 3.87. The number of nitrogens with one attached hydrogen (secondary N) is 1. The molecule has 0 saturated heterocycles. The molecule has 2 rings (SSSR count). The van der Waals surface area contributed by atoms with Gasteiger partial charge in [0.2, 0.25) is 0 Å². The molecule has 0 aliphatic carbocycles. The number of carboxylic acid groups (broad SMARTS) is 1. The maximum atomic E-state index is 10.6. The van der Waals surface area contributed by atoms with Gasteiger partial charge in [-0.1, -0.05) is 12.1 Å². The van der Waals surface area contributed by atoms with E-state index in [1.165, 1.54) is 11.3 Å². The monoisotopic (exact) mass is 273 g/mol. The van der Waals surface area contributed by atoms with Crippen molar-refractivity contribution in [3.8, 4) is 6.07 Å². The minimum atomic E-state index is -0.891. The van der Waals surface area contributed by atoms with Gasteiger partial charge in [0.25, 0.3) is 0 Å². The van der Waals surface area contributed by atoms with Gasteiger partial charge in [-0.15, -0.1) is 11.3 Å². The fraction of sp³-hybridized carbons (Fsp3) is 0.154. The molecule has 0 atom stereocenters. The van der Waals surface area contributed by atoms with Gasteiger partial charge in [0.1, 0.15) is 0 Å². The van der Waals surface area contributed by atoms with Crippen LogP contribution in [0.5, 0.6) is 0 Å². The highest BCUT2D eigenvalue weighted by atomic mass is 32.1. The molecule has 0 radical (unpaired) electrons. The summed E-state index contributed by atoms with van der Waals surface area (Å²) in [7, 11) is 0. The second kappa shape index (κ2) is 5.98. The number of thiazole rings is 1. The van der Waals surface area contributed by atoms with Crippen molar-refractivity contribution in [2.24, 2.45) is 0 Å². The Bertz CT molecular complexity index is 614. The summed E-state index contributed by atoms with van der Waals surface area (Å²) in [6.45, 7) is 0. The molecule has 2 aromatic rings. The molecule has 0 unspecified atom stereocenters. The Labute approximate surface area is 114 Å². The molecule has 0 saturated carbocycles. The van der Waals surface area contributed by atoms with E-state index in [1.54, 1.807) is 5.38 Å². The lowest BCUT2D eigenvalue weighted by Gasteiger charge is -2.02. The lowest BCUT2D eigenvalue weighted by atomic mass is 10.1. The van der Waals surface area contributed by atoms with Crippen molar-refractivity contribution in [2.75, 3.05) is 5.32 Å². The van der Waals surface area contributed by atoms with Crippen molar-refractivity contribution in [1.82, 2.24) is 4.98 Å². The van der Waals surface area contributed by atoms with E-state index in [-0.39, 0.29) is 6.42 Å². The van der Waals surface area contributed by atoms with Crippen LogP contribution in [0.4, 0.5) is 10.8 Å². The Morgan fingerprint density at radius 1 is 1.42 bits per heavy atom. The van der Waals surface area contributed by atoms with Crippen LogP contribution in [-0.2, 0) is 17.6 Å². The Morgan fingerprint density at radius 2 is 2.16 bits per heavy atom. The number of nitrogens with zero attached hydrogens (tertiary/aromatic N) is 2. The van der Waals surface area contributed by atoms with Gasteiger partial charge in [0, 0.05) is 11.1 Å². The second-order valence-corrected chi connectivity index (χ2v) is 4.73. The van der Waals surface area contributed by atoms with Gasteiger partial charge >= 0.3 is 5.97 Å². The number of rotatable bonds is 5. The van der Waals surface area contributed by atoms with Crippen LogP contribution in [0, 0.1) is 11.3 Å². The molecule has 1 aromatic carbocycles. The smallest absolute Gasteiger partial charge is 0.309 e. The zero-order valence-corrected chi connectivity index (χ0v) is 10.8. The summed E-state index contributed by atoms with van der Waals surface area (Å²) in [5.74, 6) is -0.891. The average molecular weight is 273 g/mol. The predicted octanol–water partition coefficient (Wildman–Crippen LogP) is 2.58. The highest BCUT2D eigenvalue weighted by molar-refractivity contribution is 7.13. The molecule has 2 N–H and O–H groups in total. The SMILES string of the molecule is N#CCc1ccc(Nc2nc(CC(=O)O)cs2)cc1. The standard InChI is InChI=1S/C13H11N3O2S/c14-6-5-9-1-3-10(4-2-9)15-13-16-11(8-19-13)7-12(17)18/h1-4,8H,5,7H2,(H,15,16)(H,17,18). The maximum Gasteiger partial charge on any atom is 0.309 e. The fourth-order valence-corrected chi connectivity index (χ4v) is 2.25. The highest BCUT2D eigenvalue weighted by Crippen LogP contribution is 2.21. The number of benzene rings is 1. The van der Waals surface area contributed by atoms with Gasteiger partial charge in [-0.25, -0.2) is 4.98 Å². The van der Waals surface area contributed by atoms with Crippen molar-refractivity contribution >= 4 is 28.1 Å². The van der Waals surface area contributed by atoms with Crippen molar-refractivity contribution in [1.29, 1.82) is 5.26 Å². The lowest BCUT2D eigenvalue weighted by molar-refractivity contribution is -0.136. The molecule has 0 bridgehead atoms. The van der Waals surface area contributed by atoms with Crippen LogP contribution < -0.4 is 5.32 Å². The number of nitriles is 1. The summed E-state index contributed by atoms with van der Waals surface area (Å²) in [6, 6.07) is 9.57. The van der Waals surface area contributed by atoms with Crippen LogP contribution >= 0.6 is 11.3 Å². The lowest BCUT2D eigenvalue weighted by Crippen LogP contribution is -2.00. The number of anilines is 2. The van der Waals surface area contributed by atoms with E-state index in [0.717, 1.165) is 11.3 Å². The number of carboxylic acids is 1. The van der Waals surface area contributed by atoms with E-state index >= 15 is 0 Å². The van der Waals surface area contributed by atoms with Gasteiger partial charge < -0.3 is 10.4 Å². The minimum absolute atomic E-state index is 0.0702. The molecule has 1 aromatic heterocycles. The Balaban J connectivity index is 2.02. The van der Waals surface area contributed by atoms with Crippen molar-refractivity contribution < 1.29 is 9.90 Å². The molecule has 1 heterocycles. The maximum absolute atomic E-state index is 10.6. The largest absolute Gasteiger partial charge is 0.481 e. The van der Waals surface area contributed by atoms with Crippen LogP contribution in [0.2, 0.25) is 0 Å². The molecule has 0 aliphatic heterocycles.